The Labute approximate surface area is 103 Å². The van der Waals surface area contributed by atoms with Gasteiger partial charge in [-0.3, -0.25) is 0 Å². The number of fused-ring (bicyclic) bond motifs is 1. The van der Waals surface area contributed by atoms with Crippen LogP contribution in [0.2, 0.25) is 0 Å². The molecule has 88 valence electrons. The van der Waals surface area contributed by atoms with E-state index >= 15 is 0 Å². The van der Waals surface area contributed by atoms with Crippen LogP contribution in [-0.2, 0) is 0 Å². The van der Waals surface area contributed by atoms with Crippen LogP contribution in [0.5, 0.6) is 0 Å². The number of nitrogens with zero attached hydrogens (tertiary/aromatic N) is 1. The van der Waals surface area contributed by atoms with E-state index in [1.54, 1.807) is 0 Å². The topological polar surface area (TPSA) is 3.24 Å². The first-order valence-electron chi connectivity index (χ1n) is 6.72. The average Bonchev–Trinajstić information content (AvgIpc) is 2.30. The Hall–Kier alpha value is 0.440. The summed E-state index contributed by atoms with van der Waals surface area (Å²) in [6, 6.07) is 0.961. The molecule has 1 saturated heterocycles. The van der Waals surface area contributed by atoms with Gasteiger partial charge in [0, 0.05) is 11.4 Å². The lowest BCUT2D eigenvalue weighted by Crippen LogP contribution is -2.47. The zero-order valence-corrected chi connectivity index (χ0v) is 11.3. The molecule has 0 aromatic carbocycles. The minimum absolute atomic E-state index is 0.961. The second-order valence-electron chi connectivity index (χ2n) is 5.19. The average molecular weight is 274 g/mol. The van der Waals surface area contributed by atoms with Crippen LogP contribution in [-0.4, -0.2) is 29.4 Å². The monoisotopic (exact) mass is 273 g/mol. The van der Waals surface area contributed by atoms with Crippen molar-refractivity contribution in [1.82, 2.24) is 4.90 Å². The lowest BCUT2D eigenvalue weighted by atomic mass is 9.78. The van der Waals surface area contributed by atoms with Gasteiger partial charge in [-0.25, -0.2) is 0 Å². The number of hydrogen-bond donors (Lipinski definition) is 0. The molecule has 2 rings (SSSR count). The number of rotatable bonds is 4. The number of unbranched alkanes of at least 4 members (excludes halogenated alkanes) is 1. The van der Waals surface area contributed by atoms with Crippen molar-refractivity contribution in [1.29, 1.82) is 0 Å². The predicted molar refractivity (Wildman–Crippen MR) is 69.6 cm³/mol. The zero-order chi connectivity index (χ0) is 10.5. The first-order chi connectivity index (χ1) is 7.42. The van der Waals surface area contributed by atoms with E-state index in [2.05, 4.69) is 20.8 Å². The summed E-state index contributed by atoms with van der Waals surface area (Å²) >= 11 is 3.52. The molecule has 1 saturated carbocycles. The van der Waals surface area contributed by atoms with Gasteiger partial charge in [-0.1, -0.05) is 28.8 Å². The minimum Gasteiger partial charge on any atom is -0.300 e. The molecule has 2 fully saturated rings. The van der Waals surface area contributed by atoms with Crippen molar-refractivity contribution >= 4 is 15.9 Å². The summed E-state index contributed by atoms with van der Waals surface area (Å²) in [4.78, 5) is 2.80. The van der Waals surface area contributed by atoms with E-state index in [1.165, 1.54) is 69.8 Å². The van der Waals surface area contributed by atoms with E-state index in [0.717, 1.165) is 12.0 Å². The molecule has 0 bridgehead atoms. The Morgan fingerprint density at radius 1 is 1.00 bits per heavy atom. The highest BCUT2D eigenvalue weighted by atomic mass is 79.9. The second-order valence-corrected chi connectivity index (χ2v) is 5.98. The zero-order valence-electron chi connectivity index (χ0n) is 9.76. The van der Waals surface area contributed by atoms with E-state index in [9.17, 15) is 0 Å². The molecule has 0 amide bonds. The van der Waals surface area contributed by atoms with Gasteiger partial charge in [0.2, 0.25) is 0 Å². The third kappa shape index (κ3) is 3.20. The van der Waals surface area contributed by atoms with Crippen LogP contribution in [0.15, 0.2) is 0 Å². The van der Waals surface area contributed by atoms with Crippen LogP contribution in [0.1, 0.15) is 51.4 Å². The summed E-state index contributed by atoms with van der Waals surface area (Å²) in [6.45, 7) is 2.73. The molecule has 0 aromatic rings. The number of piperidine rings is 1. The summed E-state index contributed by atoms with van der Waals surface area (Å²) in [5.74, 6) is 1.05. The largest absolute Gasteiger partial charge is 0.300 e. The summed E-state index contributed by atoms with van der Waals surface area (Å²) in [5.41, 5.74) is 0. The van der Waals surface area contributed by atoms with Crippen molar-refractivity contribution in [2.45, 2.75) is 57.4 Å². The van der Waals surface area contributed by atoms with E-state index in [4.69, 9.17) is 0 Å². The van der Waals surface area contributed by atoms with Crippen LogP contribution in [0.25, 0.3) is 0 Å². The fourth-order valence-electron chi connectivity index (χ4n) is 3.41. The highest BCUT2D eigenvalue weighted by Gasteiger charge is 2.32. The van der Waals surface area contributed by atoms with Crippen LogP contribution < -0.4 is 0 Å². The molecular weight excluding hydrogens is 250 g/mol. The van der Waals surface area contributed by atoms with Crippen molar-refractivity contribution in [3.8, 4) is 0 Å². The first-order valence-corrected chi connectivity index (χ1v) is 7.84. The van der Waals surface area contributed by atoms with Gasteiger partial charge in [-0.2, -0.15) is 0 Å². The maximum atomic E-state index is 3.52. The Morgan fingerprint density at radius 3 is 2.67 bits per heavy atom. The van der Waals surface area contributed by atoms with Gasteiger partial charge in [0.15, 0.2) is 0 Å². The third-order valence-electron chi connectivity index (χ3n) is 4.19. The van der Waals surface area contributed by atoms with Crippen LogP contribution in [0, 0.1) is 5.92 Å². The number of alkyl halides is 1. The fraction of sp³-hybridized carbons (Fsp3) is 1.00. The van der Waals surface area contributed by atoms with Gasteiger partial charge < -0.3 is 4.90 Å². The van der Waals surface area contributed by atoms with E-state index < -0.39 is 0 Å². The molecule has 0 aromatic heterocycles. The Morgan fingerprint density at radius 2 is 1.80 bits per heavy atom. The number of halogens is 1. The summed E-state index contributed by atoms with van der Waals surface area (Å²) in [6.07, 6.45) is 11.7. The minimum atomic E-state index is 0.961. The Balaban J connectivity index is 1.81. The summed E-state index contributed by atoms with van der Waals surface area (Å²) in [7, 11) is 0. The predicted octanol–water partition coefficient (Wildman–Crippen LogP) is 3.82. The lowest BCUT2D eigenvalue weighted by molar-refractivity contribution is 0.0600. The molecule has 2 unspecified atom stereocenters. The van der Waals surface area contributed by atoms with Gasteiger partial charge in [0.05, 0.1) is 0 Å². The quantitative estimate of drug-likeness (QED) is 0.556. The van der Waals surface area contributed by atoms with Crippen molar-refractivity contribution in [2.24, 2.45) is 5.92 Å². The van der Waals surface area contributed by atoms with Gasteiger partial charge >= 0.3 is 0 Å². The molecule has 2 heteroatoms. The smallest absolute Gasteiger partial charge is 0.0123 e. The lowest BCUT2D eigenvalue weighted by Gasteiger charge is -2.44. The Kier molecular flexibility index (Phi) is 4.96. The molecule has 0 spiro atoms. The number of likely N-dealkylation sites (tertiary alicyclic amines) is 1. The van der Waals surface area contributed by atoms with Crippen molar-refractivity contribution in [3.63, 3.8) is 0 Å². The molecular formula is C13H24BrN. The second kappa shape index (κ2) is 6.24. The fourth-order valence-corrected chi connectivity index (χ4v) is 3.81. The molecule has 1 nitrogen and oxygen atoms in total. The maximum Gasteiger partial charge on any atom is 0.0123 e. The van der Waals surface area contributed by atoms with E-state index in [-0.39, 0.29) is 0 Å². The first kappa shape index (κ1) is 11.9. The molecule has 1 heterocycles. The van der Waals surface area contributed by atoms with Crippen LogP contribution in [0.4, 0.5) is 0 Å². The molecule has 15 heavy (non-hydrogen) atoms. The maximum absolute atomic E-state index is 3.52. The third-order valence-corrected chi connectivity index (χ3v) is 4.75. The molecule has 0 N–H and O–H groups in total. The Bertz CT molecular complexity index is 181. The molecule has 2 atom stereocenters. The summed E-state index contributed by atoms with van der Waals surface area (Å²) in [5, 5.41) is 1.18. The molecule has 1 aliphatic heterocycles. The standard InChI is InChI=1S/C13H24BrN/c14-9-3-4-10-15-11-5-7-12-6-1-2-8-13(12)15/h12-13H,1-11H2. The highest BCUT2D eigenvalue weighted by molar-refractivity contribution is 9.09. The van der Waals surface area contributed by atoms with Crippen LogP contribution in [0.3, 0.4) is 0 Å². The SMILES string of the molecule is BrCCCCN1CCCC2CCCCC21. The van der Waals surface area contributed by atoms with Crippen molar-refractivity contribution in [3.05, 3.63) is 0 Å². The van der Waals surface area contributed by atoms with Gasteiger partial charge in [0.1, 0.15) is 0 Å². The number of hydrogen-bond acceptors (Lipinski definition) is 1. The van der Waals surface area contributed by atoms with E-state index in [1.807, 2.05) is 0 Å². The van der Waals surface area contributed by atoms with E-state index in [0.29, 0.717) is 0 Å². The van der Waals surface area contributed by atoms with Gasteiger partial charge in [0.25, 0.3) is 0 Å². The van der Waals surface area contributed by atoms with Crippen molar-refractivity contribution in [2.75, 3.05) is 18.4 Å². The highest BCUT2D eigenvalue weighted by Crippen LogP contribution is 2.35. The summed E-state index contributed by atoms with van der Waals surface area (Å²) < 4.78 is 0. The molecule has 2 aliphatic rings. The molecule has 1 aliphatic carbocycles. The van der Waals surface area contributed by atoms with Gasteiger partial charge in [-0.15, -0.1) is 0 Å². The normalized spacial score (nSPS) is 32.6. The van der Waals surface area contributed by atoms with Crippen molar-refractivity contribution < 1.29 is 0 Å². The van der Waals surface area contributed by atoms with Crippen LogP contribution >= 0.6 is 15.9 Å². The molecule has 0 radical (unpaired) electrons. The van der Waals surface area contributed by atoms with Gasteiger partial charge in [-0.05, 0) is 57.5 Å².